The van der Waals surface area contributed by atoms with E-state index in [1.165, 1.54) is 0 Å². The zero-order valence-electron chi connectivity index (χ0n) is 42.5. The summed E-state index contributed by atoms with van der Waals surface area (Å²) >= 11 is 8.99. The van der Waals surface area contributed by atoms with Crippen LogP contribution in [0.4, 0.5) is 10.5 Å². The number of primary amides is 3. The van der Waals surface area contributed by atoms with Crippen molar-refractivity contribution in [3.05, 3.63) is 58.3 Å². The number of anilines is 1. The van der Waals surface area contributed by atoms with Gasteiger partial charge in [-0.25, -0.2) is 19.4 Å². The van der Waals surface area contributed by atoms with Crippen molar-refractivity contribution in [3.63, 3.8) is 0 Å². The number of aromatic nitrogens is 1. The number of rotatable bonds is 37. The summed E-state index contributed by atoms with van der Waals surface area (Å²) in [4.78, 5) is 106. The third kappa shape index (κ3) is 26.6. The molecule has 1 saturated carbocycles. The number of pyridine rings is 1. The number of aliphatic hydroxyl groups is 1. The number of benzene rings is 1. The van der Waals surface area contributed by atoms with Gasteiger partial charge in [-0.3, -0.25) is 33.8 Å². The van der Waals surface area contributed by atoms with Crippen LogP contribution in [0, 0.1) is 11.8 Å². The molecule has 2 unspecified atom stereocenters. The first-order valence-corrected chi connectivity index (χ1v) is 26.2. The number of thiocarbonyl (C=S) groups is 1. The van der Waals surface area contributed by atoms with Gasteiger partial charge in [0.05, 0.1) is 19.6 Å². The third-order valence-electron chi connectivity index (χ3n) is 12.5. The molecule has 6 amide bonds. The van der Waals surface area contributed by atoms with Crippen LogP contribution in [0.5, 0.6) is 0 Å². The van der Waals surface area contributed by atoms with Gasteiger partial charge >= 0.3 is 23.9 Å². The largest absolute Gasteiger partial charge is 0.481 e. The summed E-state index contributed by atoms with van der Waals surface area (Å²) in [6, 6.07) is 7.00. The van der Waals surface area contributed by atoms with Gasteiger partial charge in [-0.2, -0.15) is 0 Å². The smallest absolute Gasteiger partial charge is 0.326 e. The Labute approximate surface area is 455 Å². The quantitative estimate of drug-likeness (QED) is 0.0161. The predicted molar refractivity (Wildman–Crippen MR) is 288 cm³/mol. The Bertz CT molecular complexity index is 2210. The van der Waals surface area contributed by atoms with Gasteiger partial charge in [0.1, 0.15) is 22.9 Å². The standard InChI is InChI=1S/C48H75BrN14O12S/c49-38-14-8-32(23-56-38)27-63(17-2-1-3-36(45(71)72)59-47(75)60-37(46(73)74)13-15-43(68)69)44(70)33-9-4-31(5-10-33)22-57-48(76)58-34-11-6-30(7-12-34)21-35(24-55-26-40(51)65)62(29-42(53)67)20-19-61(28-41(52)66)18-16-54-25-39(50)64/h6-8,11-12,14,23,31,33,35-37,40,54-55,65H,1-5,9-10,13,15-22,24-29,51H2,(H2,50,64)(H2,52,66)(H2,53,67)(H,68,69)(H,71,72)(H,73,74)(H2,57,58,76)(H2,59,60,75)/t31?,33?,35?,36-,37-,40?/m1/s1. The van der Waals surface area contributed by atoms with Gasteiger partial charge in [0, 0.05) is 89.2 Å². The average molecular weight is 1150 g/mol. The molecule has 76 heavy (non-hydrogen) atoms. The highest BCUT2D eigenvalue weighted by molar-refractivity contribution is 9.10. The molecule has 0 spiro atoms. The van der Waals surface area contributed by atoms with Crippen LogP contribution in [0.2, 0.25) is 0 Å². The second kappa shape index (κ2) is 34.5. The number of nitrogens with zero attached hydrogens (tertiary/aromatic N) is 4. The fourth-order valence-electron chi connectivity index (χ4n) is 8.59. The average Bonchev–Trinajstić information content (AvgIpc) is 3.35. The lowest BCUT2D eigenvalue weighted by Crippen LogP contribution is -2.51. The number of hydrogen-bond acceptors (Lipinski definition) is 16. The van der Waals surface area contributed by atoms with Gasteiger partial charge in [0.2, 0.25) is 23.6 Å². The number of carboxylic acid groups (broad SMARTS) is 3. The minimum Gasteiger partial charge on any atom is -0.481 e. The van der Waals surface area contributed by atoms with E-state index in [4.69, 9.17) is 40.3 Å². The van der Waals surface area contributed by atoms with Crippen LogP contribution in [0.3, 0.4) is 0 Å². The van der Waals surface area contributed by atoms with E-state index >= 15 is 0 Å². The first kappa shape index (κ1) is 64.1. The normalized spacial score (nSPS) is 15.9. The first-order valence-electron chi connectivity index (χ1n) is 25.0. The number of carboxylic acids is 3. The van der Waals surface area contributed by atoms with Crippen LogP contribution in [0.15, 0.2) is 47.2 Å². The summed E-state index contributed by atoms with van der Waals surface area (Å²) in [5, 5.41) is 55.1. The van der Waals surface area contributed by atoms with Gasteiger partial charge < -0.3 is 80.2 Å². The highest BCUT2D eigenvalue weighted by atomic mass is 79.9. The highest BCUT2D eigenvalue weighted by Gasteiger charge is 2.31. The van der Waals surface area contributed by atoms with Crippen molar-refractivity contribution in [2.24, 2.45) is 34.8 Å². The van der Waals surface area contributed by atoms with Crippen molar-refractivity contribution >= 4 is 86.5 Å². The maximum Gasteiger partial charge on any atom is 0.326 e. The summed E-state index contributed by atoms with van der Waals surface area (Å²) in [6.07, 6.45) is 3.67. The van der Waals surface area contributed by atoms with E-state index in [9.17, 15) is 53.7 Å². The Morgan fingerprint density at radius 1 is 0.763 bits per heavy atom. The molecule has 1 aliphatic rings. The van der Waals surface area contributed by atoms with Crippen molar-refractivity contribution in [3.8, 4) is 0 Å². The first-order chi connectivity index (χ1) is 36.1. The number of unbranched alkanes of at least 4 members (excludes halogenated alkanes) is 1. The molecular formula is C48H75BrN14O12S. The molecule has 18 N–H and O–H groups in total. The number of urea groups is 1. The number of amides is 6. The Hall–Kier alpha value is -6.14. The van der Waals surface area contributed by atoms with E-state index in [1.54, 1.807) is 22.1 Å². The molecule has 3 rings (SSSR count). The maximum absolute atomic E-state index is 14.1. The molecule has 0 saturated heterocycles. The van der Waals surface area contributed by atoms with Gasteiger partial charge in [0.25, 0.3) is 0 Å². The molecule has 1 aliphatic carbocycles. The van der Waals surface area contributed by atoms with Crippen LogP contribution in [0.1, 0.15) is 68.9 Å². The predicted octanol–water partition coefficient (Wildman–Crippen LogP) is -1.37. The van der Waals surface area contributed by atoms with Crippen molar-refractivity contribution < 1.29 is 58.8 Å². The second-order valence-corrected chi connectivity index (χ2v) is 20.0. The Morgan fingerprint density at radius 2 is 1.41 bits per heavy atom. The molecule has 1 heterocycles. The molecule has 0 aliphatic heterocycles. The number of hydrogen-bond donors (Lipinski definition) is 14. The summed E-state index contributed by atoms with van der Waals surface area (Å²) in [7, 11) is 0. The van der Waals surface area contributed by atoms with Crippen molar-refractivity contribution in [1.82, 2.24) is 46.3 Å². The molecular weight excluding hydrogens is 1080 g/mol. The fraction of sp³-hybridized carbons (Fsp3) is 0.583. The molecule has 1 fully saturated rings. The lowest BCUT2D eigenvalue weighted by atomic mass is 9.81. The summed E-state index contributed by atoms with van der Waals surface area (Å²) in [6.45, 7) is 2.86. The second-order valence-electron chi connectivity index (χ2n) is 18.7. The Morgan fingerprint density at radius 3 is 1.99 bits per heavy atom. The molecule has 2 aromatic rings. The number of carbonyl (C=O) groups excluding carboxylic acids is 5. The van der Waals surface area contributed by atoms with Crippen molar-refractivity contribution in [2.45, 2.75) is 95.1 Å². The highest BCUT2D eigenvalue weighted by Crippen LogP contribution is 2.30. The van der Waals surface area contributed by atoms with E-state index in [0.717, 1.165) is 29.7 Å². The minimum atomic E-state index is -1.53. The van der Waals surface area contributed by atoms with Gasteiger partial charge in [0.15, 0.2) is 5.11 Å². The molecule has 0 radical (unpaired) electrons. The zero-order chi connectivity index (χ0) is 56.2. The van der Waals surface area contributed by atoms with E-state index in [2.05, 4.69) is 52.8 Å². The lowest BCUT2D eigenvalue weighted by molar-refractivity contribution is -0.141. The number of aliphatic carboxylic acids is 3. The van der Waals surface area contributed by atoms with Crippen LogP contribution in [-0.4, -0.2) is 189 Å². The van der Waals surface area contributed by atoms with E-state index < -0.39 is 66.4 Å². The monoisotopic (exact) mass is 1150 g/mol. The number of nitrogens with two attached hydrogens (primary N) is 4. The van der Waals surface area contributed by atoms with Crippen LogP contribution in [0.25, 0.3) is 0 Å². The molecule has 0 bridgehead atoms. The van der Waals surface area contributed by atoms with Crippen molar-refractivity contribution in [2.75, 3.05) is 77.3 Å². The van der Waals surface area contributed by atoms with Crippen LogP contribution in [-0.2, 0) is 46.5 Å². The summed E-state index contributed by atoms with van der Waals surface area (Å²) in [5.74, 6) is -5.69. The molecule has 1 aromatic carbocycles. The lowest BCUT2D eigenvalue weighted by Gasteiger charge is -2.33. The zero-order valence-corrected chi connectivity index (χ0v) is 44.9. The van der Waals surface area contributed by atoms with Crippen molar-refractivity contribution in [1.29, 1.82) is 0 Å². The Kier molecular flexibility index (Phi) is 29.1. The maximum atomic E-state index is 14.1. The van der Waals surface area contributed by atoms with E-state index in [0.29, 0.717) is 87.6 Å². The number of nitrogens with one attached hydrogen (secondary N) is 6. The molecule has 1 aromatic heterocycles. The Balaban J connectivity index is 1.56. The van der Waals surface area contributed by atoms with E-state index in [-0.39, 0.29) is 69.4 Å². The van der Waals surface area contributed by atoms with Gasteiger partial charge in [-0.05, 0) is 121 Å². The molecule has 26 nitrogen and oxygen atoms in total. The number of aliphatic hydroxyl groups excluding tert-OH is 1. The van der Waals surface area contributed by atoms with E-state index in [1.807, 2.05) is 35.2 Å². The molecule has 4 atom stereocenters. The van der Waals surface area contributed by atoms with Gasteiger partial charge in [-0.15, -0.1) is 0 Å². The third-order valence-corrected chi connectivity index (χ3v) is 13.2. The SMILES string of the molecule is NC(=O)CNCCN(CCN(CC(N)=O)C(CNCC(N)O)Cc1ccc(NC(=S)NCC2CCC(C(=O)N(CCCC[C@@H](NC(=O)N[C@H](CCC(=O)O)C(=O)O)C(=O)O)Cc3ccc(Br)nc3)CC2)cc1)CC(N)=O. The van der Waals surface area contributed by atoms with Crippen LogP contribution < -0.4 is 54.8 Å². The molecule has 28 heteroatoms. The van der Waals surface area contributed by atoms with Crippen LogP contribution >= 0.6 is 28.1 Å². The topological polar surface area (TPSA) is 416 Å². The summed E-state index contributed by atoms with van der Waals surface area (Å²) < 4.78 is 0.635. The number of halogens is 1. The molecule has 422 valence electrons. The number of carbonyl (C=O) groups is 8. The van der Waals surface area contributed by atoms with Gasteiger partial charge in [-0.1, -0.05) is 18.2 Å². The summed E-state index contributed by atoms with van der Waals surface area (Å²) in [5.41, 5.74) is 24.5. The minimum absolute atomic E-state index is 0.0111. The fourth-order valence-corrected chi connectivity index (χ4v) is 9.02.